The van der Waals surface area contributed by atoms with Crippen LogP contribution in [0.3, 0.4) is 0 Å². The molecule has 0 amide bonds. The van der Waals surface area contributed by atoms with E-state index in [0.717, 1.165) is 20.3 Å². The van der Waals surface area contributed by atoms with Gasteiger partial charge in [-0.05, 0) is 6.07 Å². The number of hydrogen-bond donors (Lipinski definition) is 0. The fourth-order valence-corrected chi connectivity index (χ4v) is 1.21. The van der Waals surface area contributed by atoms with E-state index in [1.54, 1.807) is 0 Å². The zero-order chi connectivity index (χ0) is 13.0. The molecule has 0 aliphatic heterocycles. The van der Waals surface area contributed by atoms with Crippen molar-refractivity contribution >= 4 is 5.97 Å². The number of methoxy groups -OCH3 is 2. The number of esters is 1. The second-order valence-electron chi connectivity index (χ2n) is 3.07. The molecule has 0 saturated heterocycles. The maximum atomic E-state index is 13.4. The molecule has 0 unspecified atom stereocenters. The van der Waals surface area contributed by atoms with Crippen molar-refractivity contribution in [3.05, 3.63) is 23.1 Å². The van der Waals surface area contributed by atoms with Crippen molar-refractivity contribution in [1.29, 1.82) is 0 Å². The summed E-state index contributed by atoms with van der Waals surface area (Å²) in [6.45, 7) is 0. The summed E-state index contributed by atoms with van der Waals surface area (Å²) in [5.41, 5.74) is -0.947. The molecule has 0 saturated carbocycles. The van der Waals surface area contributed by atoms with Gasteiger partial charge in [-0.1, -0.05) is 0 Å². The van der Waals surface area contributed by atoms with Crippen LogP contribution in [0, 0.1) is 5.82 Å². The SMILES string of the molecule is COC(=O)Cc1cc(F)c(C(F)F)c(OC)n1. The summed E-state index contributed by atoms with van der Waals surface area (Å²) < 4.78 is 47.2. The molecule has 1 heterocycles. The zero-order valence-electron chi connectivity index (χ0n) is 9.17. The standard InChI is InChI=1S/C10H10F3NO3/c1-16-7(15)4-5-3-6(11)8(9(12)13)10(14-5)17-2/h3,9H,4H2,1-2H3. The van der Waals surface area contributed by atoms with E-state index in [2.05, 4.69) is 14.5 Å². The van der Waals surface area contributed by atoms with Crippen molar-refractivity contribution in [2.45, 2.75) is 12.8 Å². The summed E-state index contributed by atoms with van der Waals surface area (Å²) >= 11 is 0. The molecule has 94 valence electrons. The highest BCUT2D eigenvalue weighted by Crippen LogP contribution is 2.30. The molecular weight excluding hydrogens is 239 g/mol. The first kappa shape index (κ1) is 13.3. The van der Waals surface area contributed by atoms with Crippen molar-refractivity contribution in [3.8, 4) is 5.88 Å². The van der Waals surface area contributed by atoms with Gasteiger partial charge in [-0.2, -0.15) is 0 Å². The lowest BCUT2D eigenvalue weighted by Gasteiger charge is -2.09. The number of rotatable bonds is 4. The Kier molecular flexibility index (Phi) is 4.30. The van der Waals surface area contributed by atoms with Gasteiger partial charge in [-0.15, -0.1) is 0 Å². The van der Waals surface area contributed by atoms with E-state index in [1.165, 1.54) is 0 Å². The number of carbonyl (C=O) groups excluding carboxylic acids is 1. The quantitative estimate of drug-likeness (QED) is 0.764. The summed E-state index contributed by atoms with van der Waals surface area (Å²) in [7, 11) is 2.25. The Labute approximate surface area is 95.4 Å². The van der Waals surface area contributed by atoms with Gasteiger partial charge in [0.25, 0.3) is 6.43 Å². The van der Waals surface area contributed by atoms with Gasteiger partial charge in [-0.3, -0.25) is 4.79 Å². The van der Waals surface area contributed by atoms with Crippen molar-refractivity contribution in [2.75, 3.05) is 14.2 Å². The number of aromatic nitrogens is 1. The van der Waals surface area contributed by atoms with Crippen LogP contribution in [0.15, 0.2) is 6.07 Å². The van der Waals surface area contributed by atoms with Gasteiger partial charge in [0.2, 0.25) is 5.88 Å². The summed E-state index contributed by atoms with van der Waals surface area (Å²) in [4.78, 5) is 14.6. The first-order chi connectivity index (χ1) is 7.99. The molecule has 0 aliphatic carbocycles. The Bertz CT molecular complexity index is 424. The van der Waals surface area contributed by atoms with E-state index in [9.17, 15) is 18.0 Å². The van der Waals surface area contributed by atoms with Crippen LogP contribution < -0.4 is 4.74 Å². The van der Waals surface area contributed by atoms with Gasteiger partial charge < -0.3 is 9.47 Å². The molecule has 0 atom stereocenters. The van der Waals surface area contributed by atoms with Gasteiger partial charge in [0.15, 0.2) is 0 Å². The third-order valence-corrected chi connectivity index (χ3v) is 1.99. The van der Waals surface area contributed by atoms with Crippen LogP contribution in [0.5, 0.6) is 5.88 Å². The van der Waals surface area contributed by atoms with Crippen LogP contribution in [0.1, 0.15) is 17.7 Å². The number of ether oxygens (including phenoxy) is 2. The number of halogens is 3. The number of carbonyl (C=O) groups is 1. The first-order valence-corrected chi connectivity index (χ1v) is 4.57. The van der Waals surface area contributed by atoms with Crippen LogP contribution in [0.4, 0.5) is 13.2 Å². The number of hydrogen-bond acceptors (Lipinski definition) is 4. The molecule has 0 N–H and O–H groups in total. The molecule has 0 radical (unpaired) electrons. The van der Waals surface area contributed by atoms with Crippen molar-refractivity contribution in [3.63, 3.8) is 0 Å². The highest BCUT2D eigenvalue weighted by molar-refractivity contribution is 5.71. The average molecular weight is 249 g/mol. The number of alkyl halides is 2. The summed E-state index contributed by atoms with van der Waals surface area (Å²) in [5.74, 6) is -2.34. The molecule has 0 bridgehead atoms. The minimum absolute atomic E-state index is 0.0319. The molecule has 1 rings (SSSR count). The van der Waals surface area contributed by atoms with E-state index in [1.807, 2.05) is 0 Å². The topological polar surface area (TPSA) is 48.4 Å². The molecule has 4 nitrogen and oxygen atoms in total. The molecule has 1 aromatic heterocycles. The van der Waals surface area contributed by atoms with Crippen molar-refractivity contribution in [1.82, 2.24) is 4.98 Å². The lowest BCUT2D eigenvalue weighted by Crippen LogP contribution is -2.09. The van der Waals surface area contributed by atoms with Crippen LogP contribution in [-0.2, 0) is 16.0 Å². The smallest absolute Gasteiger partial charge is 0.311 e. The Balaban J connectivity index is 3.13. The molecule has 1 aromatic rings. The van der Waals surface area contributed by atoms with Crippen LogP contribution >= 0.6 is 0 Å². The van der Waals surface area contributed by atoms with E-state index in [4.69, 9.17) is 0 Å². The fraction of sp³-hybridized carbons (Fsp3) is 0.400. The normalized spacial score (nSPS) is 10.5. The second-order valence-corrected chi connectivity index (χ2v) is 3.07. The summed E-state index contributed by atoms with van der Waals surface area (Å²) in [6, 6.07) is 0.765. The van der Waals surface area contributed by atoms with E-state index in [-0.39, 0.29) is 12.1 Å². The van der Waals surface area contributed by atoms with Gasteiger partial charge >= 0.3 is 5.97 Å². The molecule has 0 aromatic carbocycles. The zero-order valence-corrected chi connectivity index (χ0v) is 9.17. The van der Waals surface area contributed by atoms with Crippen molar-refractivity contribution in [2.24, 2.45) is 0 Å². The van der Waals surface area contributed by atoms with Gasteiger partial charge in [0.05, 0.1) is 26.3 Å². The lowest BCUT2D eigenvalue weighted by atomic mass is 10.2. The monoisotopic (exact) mass is 249 g/mol. The largest absolute Gasteiger partial charge is 0.481 e. The molecule has 17 heavy (non-hydrogen) atoms. The Morgan fingerprint density at radius 2 is 2.12 bits per heavy atom. The predicted molar refractivity (Wildman–Crippen MR) is 51.4 cm³/mol. The van der Waals surface area contributed by atoms with Gasteiger partial charge in [0, 0.05) is 0 Å². The molecule has 7 heteroatoms. The van der Waals surface area contributed by atoms with Crippen LogP contribution in [0.2, 0.25) is 0 Å². The maximum absolute atomic E-state index is 13.4. The Morgan fingerprint density at radius 3 is 2.59 bits per heavy atom. The molecule has 0 fully saturated rings. The Hall–Kier alpha value is -1.79. The summed E-state index contributed by atoms with van der Waals surface area (Å²) in [5, 5.41) is 0. The summed E-state index contributed by atoms with van der Waals surface area (Å²) in [6.07, 6.45) is -3.35. The third-order valence-electron chi connectivity index (χ3n) is 1.99. The second kappa shape index (κ2) is 5.51. The van der Waals surface area contributed by atoms with E-state index < -0.39 is 29.7 Å². The van der Waals surface area contributed by atoms with Gasteiger partial charge in [0.1, 0.15) is 11.4 Å². The minimum atomic E-state index is -3.04. The number of nitrogens with zero attached hydrogens (tertiary/aromatic N) is 1. The predicted octanol–water partition coefficient (Wildman–Crippen LogP) is 1.88. The minimum Gasteiger partial charge on any atom is -0.481 e. The Morgan fingerprint density at radius 1 is 1.47 bits per heavy atom. The first-order valence-electron chi connectivity index (χ1n) is 4.57. The highest BCUT2D eigenvalue weighted by atomic mass is 19.3. The lowest BCUT2D eigenvalue weighted by molar-refractivity contribution is -0.139. The van der Waals surface area contributed by atoms with Crippen LogP contribution in [-0.4, -0.2) is 25.2 Å². The number of pyridine rings is 1. The molecular formula is C10H10F3NO3. The van der Waals surface area contributed by atoms with Gasteiger partial charge in [-0.25, -0.2) is 18.2 Å². The third kappa shape index (κ3) is 3.08. The average Bonchev–Trinajstić information content (AvgIpc) is 2.27. The van der Waals surface area contributed by atoms with E-state index >= 15 is 0 Å². The molecule has 0 spiro atoms. The van der Waals surface area contributed by atoms with E-state index in [0.29, 0.717) is 0 Å². The van der Waals surface area contributed by atoms with Crippen molar-refractivity contribution < 1.29 is 27.4 Å². The van der Waals surface area contributed by atoms with Crippen LogP contribution in [0.25, 0.3) is 0 Å². The maximum Gasteiger partial charge on any atom is 0.311 e. The molecule has 0 aliphatic rings. The highest BCUT2D eigenvalue weighted by Gasteiger charge is 2.22. The fourth-order valence-electron chi connectivity index (χ4n) is 1.21.